The maximum absolute atomic E-state index is 12.2. The van der Waals surface area contributed by atoms with Crippen molar-refractivity contribution >= 4 is 5.91 Å². The van der Waals surface area contributed by atoms with Crippen LogP contribution in [0.25, 0.3) is 0 Å². The van der Waals surface area contributed by atoms with Gasteiger partial charge in [0.05, 0.1) is 25.2 Å². The zero-order valence-corrected chi connectivity index (χ0v) is 17.3. The van der Waals surface area contributed by atoms with Crippen LogP contribution in [-0.4, -0.2) is 34.9 Å². The molecule has 1 aromatic carbocycles. The van der Waals surface area contributed by atoms with Crippen LogP contribution in [0.4, 0.5) is 0 Å². The van der Waals surface area contributed by atoms with Gasteiger partial charge < -0.3 is 15.5 Å². The number of carbonyl (C=O) groups excluding carboxylic acids is 1. The highest BCUT2D eigenvalue weighted by Gasteiger charge is 2.20. The van der Waals surface area contributed by atoms with E-state index < -0.39 is 12.1 Å². The number of nitrogens with one attached hydrogen (secondary N) is 1. The Morgan fingerprint density at radius 1 is 1.00 bits per heavy atom. The second-order valence-corrected chi connectivity index (χ2v) is 7.64. The molecule has 0 heterocycles. The minimum Gasteiger partial charge on any atom is -0.394 e. The molecule has 0 saturated carbocycles. The summed E-state index contributed by atoms with van der Waals surface area (Å²) in [5.74, 6) is -0.158. The van der Waals surface area contributed by atoms with E-state index in [0.29, 0.717) is 6.42 Å². The first-order valence-corrected chi connectivity index (χ1v) is 10.7. The van der Waals surface area contributed by atoms with Gasteiger partial charge in [0, 0.05) is 0 Å². The van der Waals surface area contributed by atoms with Gasteiger partial charge in [0.15, 0.2) is 0 Å². The Kier molecular flexibility index (Phi) is 12.8. The topological polar surface area (TPSA) is 69.6 Å². The molecule has 1 rings (SSSR count). The van der Waals surface area contributed by atoms with Crippen molar-refractivity contribution in [1.29, 1.82) is 0 Å². The molecule has 0 radical (unpaired) electrons. The molecule has 154 valence electrons. The van der Waals surface area contributed by atoms with E-state index in [1.807, 2.05) is 31.2 Å². The summed E-state index contributed by atoms with van der Waals surface area (Å²) >= 11 is 0. The Labute approximate surface area is 165 Å². The molecule has 0 bridgehead atoms. The summed E-state index contributed by atoms with van der Waals surface area (Å²) < 4.78 is 0. The molecule has 0 aliphatic heterocycles. The lowest BCUT2D eigenvalue weighted by Gasteiger charge is -2.22. The number of aliphatic hydroxyl groups is 2. The van der Waals surface area contributed by atoms with Crippen molar-refractivity contribution in [2.45, 2.75) is 96.6 Å². The second-order valence-electron chi connectivity index (χ2n) is 7.64. The van der Waals surface area contributed by atoms with Crippen molar-refractivity contribution in [2.24, 2.45) is 0 Å². The predicted molar refractivity (Wildman–Crippen MR) is 112 cm³/mol. The first-order chi connectivity index (χ1) is 13.1. The Balaban J connectivity index is 2.20. The standard InChI is InChI=1S/C23H39NO3/c1-3-4-5-6-7-8-9-10-11-16-22(26)21(18-25)24-23(27)17-20-15-13-12-14-19(20)2/h12-15,21-22,25-26H,3-11,16-18H2,1-2H3,(H,24,27). The number of carbonyl (C=O) groups is 1. The highest BCUT2D eigenvalue weighted by Crippen LogP contribution is 2.13. The van der Waals surface area contributed by atoms with Crippen LogP contribution in [-0.2, 0) is 11.2 Å². The van der Waals surface area contributed by atoms with Crippen LogP contribution in [0.1, 0.15) is 82.3 Å². The fourth-order valence-electron chi connectivity index (χ4n) is 3.37. The minimum atomic E-state index is -0.694. The SMILES string of the molecule is CCCCCCCCCCCC(O)C(CO)NC(=O)Cc1ccccc1C. The Hall–Kier alpha value is -1.39. The summed E-state index contributed by atoms with van der Waals surface area (Å²) in [6, 6.07) is 7.18. The van der Waals surface area contributed by atoms with Gasteiger partial charge in [0.2, 0.25) is 5.91 Å². The van der Waals surface area contributed by atoms with E-state index in [9.17, 15) is 15.0 Å². The second kappa shape index (κ2) is 14.6. The minimum absolute atomic E-state index is 0.158. The number of hydrogen-bond donors (Lipinski definition) is 3. The normalized spacial score (nSPS) is 13.3. The molecule has 27 heavy (non-hydrogen) atoms. The molecule has 1 aromatic rings. The summed E-state index contributed by atoms with van der Waals surface area (Å²) in [6.07, 6.45) is 11.3. The summed E-state index contributed by atoms with van der Waals surface area (Å²) in [6.45, 7) is 3.97. The zero-order valence-electron chi connectivity index (χ0n) is 17.3. The van der Waals surface area contributed by atoms with Gasteiger partial charge >= 0.3 is 0 Å². The number of aliphatic hydroxyl groups excluding tert-OH is 2. The molecular formula is C23H39NO3. The van der Waals surface area contributed by atoms with Crippen molar-refractivity contribution in [3.63, 3.8) is 0 Å². The van der Waals surface area contributed by atoms with Crippen LogP contribution in [0.5, 0.6) is 0 Å². The smallest absolute Gasteiger partial charge is 0.224 e. The highest BCUT2D eigenvalue weighted by molar-refractivity contribution is 5.79. The zero-order chi connectivity index (χ0) is 19.9. The van der Waals surface area contributed by atoms with E-state index in [1.54, 1.807) is 0 Å². The van der Waals surface area contributed by atoms with Crippen molar-refractivity contribution in [3.8, 4) is 0 Å². The number of aryl methyl sites for hydroxylation is 1. The summed E-state index contributed by atoms with van der Waals surface area (Å²) in [4.78, 5) is 12.2. The van der Waals surface area contributed by atoms with E-state index in [0.717, 1.165) is 24.0 Å². The van der Waals surface area contributed by atoms with Crippen LogP contribution in [0, 0.1) is 6.92 Å². The average Bonchev–Trinajstić information content (AvgIpc) is 2.66. The number of unbranched alkanes of at least 4 members (excludes halogenated alkanes) is 8. The number of benzene rings is 1. The van der Waals surface area contributed by atoms with Gasteiger partial charge in [-0.3, -0.25) is 4.79 Å². The molecule has 0 spiro atoms. The Morgan fingerprint density at radius 3 is 2.19 bits per heavy atom. The van der Waals surface area contributed by atoms with E-state index in [-0.39, 0.29) is 18.9 Å². The van der Waals surface area contributed by atoms with Gasteiger partial charge in [0.1, 0.15) is 0 Å². The summed E-state index contributed by atoms with van der Waals surface area (Å²) in [5.41, 5.74) is 2.04. The first-order valence-electron chi connectivity index (χ1n) is 10.7. The Bertz CT molecular complexity index is 518. The lowest BCUT2D eigenvalue weighted by atomic mass is 10.0. The molecule has 4 heteroatoms. The molecule has 4 nitrogen and oxygen atoms in total. The van der Waals surface area contributed by atoms with Crippen molar-refractivity contribution in [1.82, 2.24) is 5.32 Å². The third kappa shape index (κ3) is 10.5. The lowest BCUT2D eigenvalue weighted by molar-refractivity contribution is -0.122. The quantitative estimate of drug-likeness (QED) is 0.399. The number of amides is 1. The van der Waals surface area contributed by atoms with E-state index in [4.69, 9.17) is 0 Å². The molecule has 2 atom stereocenters. The average molecular weight is 378 g/mol. The van der Waals surface area contributed by atoms with Gasteiger partial charge in [-0.05, 0) is 24.5 Å². The molecule has 0 aromatic heterocycles. The molecule has 2 unspecified atom stereocenters. The fourth-order valence-corrected chi connectivity index (χ4v) is 3.37. The highest BCUT2D eigenvalue weighted by atomic mass is 16.3. The maximum Gasteiger partial charge on any atom is 0.224 e. The van der Waals surface area contributed by atoms with E-state index in [2.05, 4.69) is 12.2 Å². The summed E-state index contributed by atoms with van der Waals surface area (Å²) in [5, 5.41) is 22.6. The van der Waals surface area contributed by atoms with Gasteiger partial charge in [-0.15, -0.1) is 0 Å². The van der Waals surface area contributed by atoms with Crippen LogP contribution >= 0.6 is 0 Å². The molecule has 0 fully saturated rings. The Morgan fingerprint density at radius 2 is 1.59 bits per heavy atom. The van der Waals surface area contributed by atoms with Gasteiger partial charge in [-0.2, -0.15) is 0 Å². The molecule has 0 aliphatic rings. The third-order valence-electron chi connectivity index (χ3n) is 5.22. The van der Waals surface area contributed by atoms with Crippen molar-refractivity contribution < 1.29 is 15.0 Å². The maximum atomic E-state index is 12.2. The van der Waals surface area contributed by atoms with Crippen molar-refractivity contribution in [3.05, 3.63) is 35.4 Å². The van der Waals surface area contributed by atoms with Crippen molar-refractivity contribution in [2.75, 3.05) is 6.61 Å². The first kappa shape index (κ1) is 23.6. The van der Waals surface area contributed by atoms with Gasteiger partial charge in [-0.1, -0.05) is 89.0 Å². The molecule has 1 amide bonds. The van der Waals surface area contributed by atoms with Gasteiger partial charge in [0.25, 0.3) is 0 Å². The predicted octanol–water partition coefficient (Wildman–Crippen LogP) is 4.30. The number of rotatable bonds is 15. The van der Waals surface area contributed by atoms with Gasteiger partial charge in [-0.25, -0.2) is 0 Å². The molecule has 3 N–H and O–H groups in total. The van der Waals surface area contributed by atoms with E-state index >= 15 is 0 Å². The third-order valence-corrected chi connectivity index (χ3v) is 5.22. The number of hydrogen-bond acceptors (Lipinski definition) is 3. The summed E-state index contributed by atoms with van der Waals surface area (Å²) in [7, 11) is 0. The van der Waals surface area contributed by atoms with Crippen LogP contribution in [0.2, 0.25) is 0 Å². The molecular weight excluding hydrogens is 338 g/mol. The van der Waals surface area contributed by atoms with E-state index in [1.165, 1.54) is 44.9 Å². The van der Waals surface area contributed by atoms with Crippen LogP contribution in [0.15, 0.2) is 24.3 Å². The van der Waals surface area contributed by atoms with Crippen LogP contribution < -0.4 is 5.32 Å². The fraction of sp³-hybridized carbons (Fsp3) is 0.696. The molecule has 0 aliphatic carbocycles. The lowest BCUT2D eigenvalue weighted by Crippen LogP contribution is -2.46. The molecule has 0 saturated heterocycles. The monoisotopic (exact) mass is 377 g/mol. The largest absolute Gasteiger partial charge is 0.394 e. The van der Waals surface area contributed by atoms with Crippen LogP contribution in [0.3, 0.4) is 0 Å².